The molecule has 0 saturated carbocycles. The zero-order valence-electron chi connectivity index (χ0n) is 12.0. The van der Waals surface area contributed by atoms with E-state index in [-0.39, 0.29) is 0 Å². The van der Waals surface area contributed by atoms with Crippen LogP contribution in [0.5, 0.6) is 0 Å². The Bertz CT molecular complexity index is 511. The summed E-state index contributed by atoms with van der Waals surface area (Å²) in [5.41, 5.74) is 2.53. The first-order valence-corrected chi connectivity index (χ1v) is 8.04. The third-order valence-electron chi connectivity index (χ3n) is 2.93. The van der Waals surface area contributed by atoms with E-state index >= 15 is 0 Å². The molecule has 0 aromatic heterocycles. The SMILES string of the molecule is CCNS(=O)(=O)Nc1cc(N(CC)CC)ccc1C. The number of nitrogens with zero attached hydrogens (tertiary/aromatic N) is 1. The molecule has 19 heavy (non-hydrogen) atoms. The van der Waals surface area contributed by atoms with Gasteiger partial charge in [0.05, 0.1) is 5.69 Å². The van der Waals surface area contributed by atoms with Crippen LogP contribution < -0.4 is 14.3 Å². The van der Waals surface area contributed by atoms with Crippen LogP contribution in [0.25, 0.3) is 0 Å². The Hall–Kier alpha value is -1.27. The third-order valence-corrected chi connectivity index (χ3v) is 4.09. The van der Waals surface area contributed by atoms with E-state index < -0.39 is 10.2 Å². The Labute approximate surface area is 116 Å². The van der Waals surface area contributed by atoms with Crippen molar-refractivity contribution in [2.45, 2.75) is 27.7 Å². The van der Waals surface area contributed by atoms with E-state index in [1.165, 1.54) is 0 Å². The van der Waals surface area contributed by atoms with E-state index in [1.54, 1.807) is 6.92 Å². The van der Waals surface area contributed by atoms with Gasteiger partial charge >= 0.3 is 0 Å². The average molecular weight is 285 g/mol. The highest BCUT2D eigenvalue weighted by molar-refractivity contribution is 7.90. The minimum atomic E-state index is -3.48. The van der Waals surface area contributed by atoms with Crippen molar-refractivity contribution in [3.8, 4) is 0 Å². The normalized spacial score (nSPS) is 11.4. The Morgan fingerprint density at radius 3 is 2.32 bits per heavy atom. The molecule has 108 valence electrons. The monoisotopic (exact) mass is 285 g/mol. The molecule has 0 fully saturated rings. The maximum Gasteiger partial charge on any atom is 0.299 e. The molecule has 2 N–H and O–H groups in total. The van der Waals surface area contributed by atoms with Gasteiger partial charge in [0.25, 0.3) is 10.2 Å². The van der Waals surface area contributed by atoms with Gasteiger partial charge in [0.2, 0.25) is 0 Å². The quantitative estimate of drug-likeness (QED) is 0.806. The first-order valence-electron chi connectivity index (χ1n) is 6.56. The summed E-state index contributed by atoms with van der Waals surface area (Å²) in [5, 5.41) is 0. The fourth-order valence-electron chi connectivity index (χ4n) is 1.88. The molecular formula is C13H23N3O2S. The van der Waals surface area contributed by atoms with E-state index in [0.29, 0.717) is 12.2 Å². The summed E-state index contributed by atoms with van der Waals surface area (Å²) in [7, 11) is -3.48. The van der Waals surface area contributed by atoms with Gasteiger partial charge in [-0.05, 0) is 38.5 Å². The Morgan fingerprint density at radius 2 is 1.79 bits per heavy atom. The van der Waals surface area contributed by atoms with Crippen molar-refractivity contribution in [3.63, 3.8) is 0 Å². The van der Waals surface area contributed by atoms with Crippen molar-refractivity contribution in [2.75, 3.05) is 29.3 Å². The summed E-state index contributed by atoms with van der Waals surface area (Å²) in [4.78, 5) is 2.17. The first kappa shape index (κ1) is 15.8. The average Bonchev–Trinajstić information content (AvgIpc) is 2.34. The molecule has 0 unspecified atom stereocenters. The highest BCUT2D eigenvalue weighted by Crippen LogP contribution is 2.23. The Kier molecular flexibility index (Phi) is 5.62. The van der Waals surface area contributed by atoms with Crippen molar-refractivity contribution < 1.29 is 8.42 Å². The van der Waals surface area contributed by atoms with E-state index in [4.69, 9.17) is 0 Å². The van der Waals surface area contributed by atoms with Crippen LogP contribution in [0.15, 0.2) is 18.2 Å². The molecule has 6 heteroatoms. The van der Waals surface area contributed by atoms with Gasteiger partial charge in [-0.3, -0.25) is 4.72 Å². The number of rotatable bonds is 7. The number of anilines is 2. The number of aryl methyl sites for hydroxylation is 1. The van der Waals surface area contributed by atoms with Gasteiger partial charge in [-0.25, -0.2) is 0 Å². The first-order chi connectivity index (χ1) is 8.93. The maximum absolute atomic E-state index is 11.7. The van der Waals surface area contributed by atoms with Crippen LogP contribution >= 0.6 is 0 Å². The molecule has 0 heterocycles. The zero-order chi connectivity index (χ0) is 14.5. The molecule has 0 aliphatic carbocycles. The summed E-state index contributed by atoms with van der Waals surface area (Å²) < 4.78 is 28.5. The van der Waals surface area contributed by atoms with Crippen LogP contribution in [0, 0.1) is 6.92 Å². The molecular weight excluding hydrogens is 262 g/mol. The standard InChI is InChI=1S/C13H23N3O2S/c1-5-14-19(17,18)15-13-10-12(9-8-11(13)4)16(6-2)7-3/h8-10,14-15H,5-7H2,1-4H3. The lowest BCUT2D eigenvalue weighted by Gasteiger charge is -2.22. The lowest BCUT2D eigenvalue weighted by atomic mass is 10.1. The number of nitrogens with one attached hydrogen (secondary N) is 2. The highest BCUT2D eigenvalue weighted by atomic mass is 32.2. The predicted molar refractivity (Wildman–Crippen MR) is 81.0 cm³/mol. The number of hydrogen-bond acceptors (Lipinski definition) is 3. The maximum atomic E-state index is 11.7. The van der Waals surface area contributed by atoms with E-state index in [9.17, 15) is 8.42 Å². The third kappa shape index (κ3) is 4.40. The van der Waals surface area contributed by atoms with Gasteiger partial charge in [-0.2, -0.15) is 13.1 Å². The predicted octanol–water partition coefficient (Wildman–Crippen LogP) is 2.11. The van der Waals surface area contributed by atoms with Crippen LogP contribution in [-0.2, 0) is 10.2 Å². The van der Waals surface area contributed by atoms with Crippen molar-refractivity contribution in [2.24, 2.45) is 0 Å². The van der Waals surface area contributed by atoms with Gasteiger partial charge < -0.3 is 4.90 Å². The van der Waals surface area contributed by atoms with Gasteiger partial charge in [0.1, 0.15) is 0 Å². The van der Waals surface area contributed by atoms with Crippen LogP contribution in [0.3, 0.4) is 0 Å². The molecule has 0 atom stereocenters. The fraction of sp³-hybridized carbons (Fsp3) is 0.538. The summed E-state index contributed by atoms with van der Waals surface area (Å²) in [6.07, 6.45) is 0. The molecule has 0 spiro atoms. The lowest BCUT2D eigenvalue weighted by Crippen LogP contribution is -2.30. The van der Waals surface area contributed by atoms with Gasteiger partial charge in [0.15, 0.2) is 0 Å². The molecule has 1 aromatic carbocycles. The van der Waals surface area contributed by atoms with Crippen LogP contribution in [-0.4, -0.2) is 28.1 Å². The van der Waals surface area contributed by atoms with E-state index in [2.05, 4.69) is 28.2 Å². The summed E-state index contributed by atoms with van der Waals surface area (Å²) in [5.74, 6) is 0. The Morgan fingerprint density at radius 1 is 1.16 bits per heavy atom. The zero-order valence-corrected chi connectivity index (χ0v) is 12.8. The van der Waals surface area contributed by atoms with Crippen molar-refractivity contribution in [1.29, 1.82) is 0 Å². The van der Waals surface area contributed by atoms with Crippen LogP contribution in [0.2, 0.25) is 0 Å². The van der Waals surface area contributed by atoms with Gasteiger partial charge in [-0.1, -0.05) is 13.0 Å². The number of benzene rings is 1. The second kappa shape index (κ2) is 6.77. The Balaban J connectivity index is 3.04. The highest BCUT2D eigenvalue weighted by Gasteiger charge is 2.11. The van der Waals surface area contributed by atoms with Gasteiger partial charge in [0, 0.05) is 25.3 Å². The summed E-state index contributed by atoms with van der Waals surface area (Å²) >= 11 is 0. The molecule has 0 aliphatic rings. The second-order valence-electron chi connectivity index (χ2n) is 4.27. The van der Waals surface area contributed by atoms with E-state index in [1.807, 2.05) is 25.1 Å². The van der Waals surface area contributed by atoms with Crippen LogP contribution in [0.1, 0.15) is 26.3 Å². The molecule has 0 bridgehead atoms. The largest absolute Gasteiger partial charge is 0.372 e. The molecule has 1 rings (SSSR count). The van der Waals surface area contributed by atoms with Crippen molar-refractivity contribution in [1.82, 2.24) is 4.72 Å². The molecule has 5 nitrogen and oxygen atoms in total. The lowest BCUT2D eigenvalue weighted by molar-refractivity contribution is 0.589. The topological polar surface area (TPSA) is 61.4 Å². The van der Waals surface area contributed by atoms with Crippen molar-refractivity contribution in [3.05, 3.63) is 23.8 Å². The number of hydrogen-bond donors (Lipinski definition) is 2. The minimum Gasteiger partial charge on any atom is -0.372 e. The molecule has 1 aromatic rings. The van der Waals surface area contributed by atoms with E-state index in [0.717, 1.165) is 24.3 Å². The summed E-state index contributed by atoms with van der Waals surface area (Å²) in [6, 6.07) is 5.81. The molecule has 0 amide bonds. The molecule has 0 aliphatic heterocycles. The smallest absolute Gasteiger partial charge is 0.299 e. The summed E-state index contributed by atoms with van der Waals surface area (Å²) in [6.45, 7) is 9.92. The minimum absolute atomic E-state index is 0.365. The molecule has 0 radical (unpaired) electrons. The fourth-order valence-corrected chi connectivity index (χ4v) is 2.84. The second-order valence-corrected chi connectivity index (χ2v) is 5.77. The van der Waals surface area contributed by atoms with Gasteiger partial charge in [-0.15, -0.1) is 0 Å². The molecule has 0 saturated heterocycles. The van der Waals surface area contributed by atoms with Crippen molar-refractivity contribution >= 4 is 21.6 Å². The van der Waals surface area contributed by atoms with Crippen LogP contribution in [0.4, 0.5) is 11.4 Å².